The third kappa shape index (κ3) is 9.00. The third-order valence-corrected chi connectivity index (χ3v) is 6.30. The molecule has 0 unspecified atom stereocenters. The van der Waals surface area contributed by atoms with E-state index in [9.17, 15) is 14.9 Å². The van der Waals surface area contributed by atoms with Gasteiger partial charge in [0.15, 0.2) is 5.82 Å². The predicted octanol–water partition coefficient (Wildman–Crippen LogP) is 2.91. The van der Waals surface area contributed by atoms with Crippen molar-refractivity contribution in [2.24, 2.45) is 0 Å². The SMILES string of the molecule is O=c1[nH]c(CSCCN/C(=C\[N+](=O)[O-])NCCSCc2ncccc2Cl)cs1. The maximum Gasteiger partial charge on any atom is 0.304 e. The number of hydrogen-bond donors (Lipinski definition) is 3. The molecule has 8 nitrogen and oxygen atoms in total. The Balaban J connectivity index is 1.63. The Morgan fingerprint density at radius 1 is 1.32 bits per heavy atom. The van der Waals surface area contributed by atoms with E-state index in [4.69, 9.17) is 11.6 Å². The van der Waals surface area contributed by atoms with Gasteiger partial charge in [-0.2, -0.15) is 23.5 Å². The minimum atomic E-state index is -0.487. The predicted molar refractivity (Wildman–Crippen MR) is 118 cm³/mol. The molecule has 0 spiro atoms. The van der Waals surface area contributed by atoms with E-state index in [0.717, 1.165) is 40.4 Å². The van der Waals surface area contributed by atoms with Gasteiger partial charge in [-0.3, -0.25) is 19.9 Å². The van der Waals surface area contributed by atoms with Crippen molar-refractivity contribution in [1.82, 2.24) is 20.6 Å². The van der Waals surface area contributed by atoms with Crippen LogP contribution < -0.4 is 15.5 Å². The number of nitro groups is 1. The number of nitrogens with one attached hydrogen (secondary N) is 3. The highest BCUT2D eigenvalue weighted by atomic mass is 35.5. The second-order valence-electron chi connectivity index (χ2n) is 5.39. The van der Waals surface area contributed by atoms with Gasteiger partial charge in [0.05, 0.1) is 15.6 Å². The van der Waals surface area contributed by atoms with E-state index >= 15 is 0 Å². The normalized spacial score (nSPS) is 11.4. The van der Waals surface area contributed by atoms with Crippen LogP contribution in [0.5, 0.6) is 0 Å². The second kappa shape index (κ2) is 12.7. The van der Waals surface area contributed by atoms with Crippen LogP contribution in [-0.2, 0) is 11.5 Å². The smallest absolute Gasteiger partial charge is 0.304 e. The maximum absolute atomic E-state index is 11.1. The summed E-state index contributed by atoms with van der Waals surface area (Å²) in [6.45, 7) is 1.15. The minimum Gasteiger partial charge on any atom is -0.366 e. The summed E-state index contributed by atoms with van der Waals surface area (Å²) in [5.41, 5.74) is 1.72. The van der Waals surface area contributed by atoms with Crippen LogP contribution in [-0.4, -0.2) is 39.5 Å². The van der Waals surface area contributed by atoms with Crippen LogP contribution in [0.3, 0.4) is 0 Å². The first kappa shape index (κ1) is 22.6. The van der Waals surface area contributed by atoms with Gasteiger partial charge in [0, 0.05) is 53.4 Å². The number of pyridine rings is 1. The lowest BCUT2D eigenvalue weighted by Crippen LogP contribution is -2.30. The first-order valence-corrected chi connectivity index (χ1v) is 11.9. The molecule has 0 amide bonds. The summed E-state index contributed by atoms with van der Waals surface area (Å²) >= 11 is 10.5. The lowest BCUT2D eigenvalue weighted by molar-refractivity contribution is -0.404. The molecule has 152 valence electrons. The Labute approximate surface area is 179 Å². The highest BCUT2D eigenvalue weighted by Crippen LogP contribution is 2.18. The molecule has 0 radical (unpaired) electrons. The van der Waals surface area contributed by atoms with Gasteiger partial charge in [-0.05, 0) is 12.1 Å². The fourth-order valence-electron chi connectivity index (χ4n) is 2.04. The largest absolute Gasteiger partial charge is 0.366 e. The second-order valence-corrected chi connectivity index (χ2v) is 8.85. The molecule has 0 aromatic carbocycles. The van der Waals surface area contributed by atoms with Crippen molar-refractivity contribution in [3.63, 3.8) is 0 Å². The van der Waals surface area contributed by atoms with E-state index in [1.807, 2.05) is 0 Å². The van der Waals surface area contributed by atoms with Gasteiger partial charge < -0.3 is 15.6 Å². The highest BCUT2D eigenvalue weighted by Gasteiger charge is 2.04. The number of thioether (sulfide) groups is 2. The fraction of sp³-hybridized carbons (Fsp3) is 0.375. The number of thiazole rings is 1. The van der Waals surface area contributed by atoms with Crippen LogP contribution in [0.2, 0.25) is 5.02 Å². The van der Waals surface area contributed by atoms with Crippen molar-refractivity contribution in [2.75, 3.05) is 24.6 Å². The number of aromatic nitrogens is 2. The van der Waals surface area contributed by atoms with Crippen LogP contribution in [0.4, 0.5) is 0 Å². The van der Waals surface area contributed by atoms with E-state index in [2.05, 4.69) is 20.6 Å². The number of hydrogen-bond acceptors (Lipinski definition) is 9. The fourth-order valence-corrected chi connectivity index (χ4v) is 4.57. The van der Waals surface area contributed by atoms with Crippen molar-refractivity contribution < 1.29 is 4.92 Å². The molecule has 0 saturated carbocycles. The van der Waals surface area contributed by atoms with Gasteiger partial charge in [-0.25, -0.2) is 0 Å². The van der Waals surface area contributed by atoms with Crippen molar-refractivity contribution in [2.45, 2.75) is 11.5 Å². The lowest BCUT2D eigenvalue weighted by Gasteiger charge is -2.11. The number of halogens is 1. The molecule has 0 aliphatic heterocycles. The quantitative estimate of drug-likeness (QED) is 0.237. The molecular weight excluding hydrogens is 442 g/mol. The molecule has 2 aromatic heterocycles. The molecule has 2 heterocycles. The van der Waals surface area contributed by atoms with E-state index in [1.165, 1.54) is 0 Å². The van der Waals surface area contributed by atoms with Gasteiger partial charge in [0.1, 0.15) is 0 Å². The number of rotatable bonds is 13. The molecule has 3 N–H and O–H groups in total. The molecule has 0 bridgehead atoms. The van der Waals surface area contributed by atoms with Crippen LogP contribution in [0, 0.1) is 10.1 Å². The average molecular weight is 462 g/mol. The number of nitrogens with zero attached hydrogens (tertiary/aromatic N) is 2. The van der Waals surface area contributed by atoms with Gasteiger partial charge in [0.2, 0.25) is 0 Å². The lowest BCUT2D eigenvalue weighted by atomic mass is 10.4. The Morgan fingerprint density at radius 2 is 2.04 bits per heavy atom. The van der Waals surface area contributed by atoms with Crippen LogP contribution in [0.25, 0.3) is 0 Å². The summed E-state index contributed by atoms with van der Waals surface area (Å²) in [7, 11) is 0. The average Bonchev–Trinajstić information content (AvgIpc) is 3.07. The molecule has 0 fully saturated rings. The molecule has 0 aliphatic carbocycles. The van der Waals surface area contributed by atoms with Gasteiger partial charge in [0.25, 0.3) is 6.20 Å². The van der Waals surface area contributed by atoms with Crippen LogP contribution >= 0.6 is 46.5 Å². The highest BCUT2D eigenvalue weighted by molar-refractivity contribution is 7.98. The number of aromatic amines is 1. The summed E-state index contributed by atoms with van der Waals surface area (Å²) in [6, 6.07) is 3.59. The molecule has 28 heavy (non-hydrogen) atoms. The van der Waals surface area contributed by atoms with Crippen LogP contribution in [0.15, 0.2) is 40.5 Å². The Morgan fingerprint density at radius 3 is 2.64 bits per heavy atom. The zero-order valence-electron chi connectivity index (χ0n) is 14.9. The molecule has 0 aliphatic rings. The minimum absolute atomic E-state index is 0.0580. The topological polar surface area (TPSA) is 113 Å². The van der Waals surface area contributed by atoms with Gasteiger partial charge >= 0.3 is 4.87 Å². The summed E-state index contributed by atoms with van der Waals surface area (Å²) in [5, 5.41) is 19.3. The standard InChI is InChI=1S/C16H20ClN5O3S3/c17-13-2-1-3-18-14(13)11-27-7-5-20-15(8-22(24)25)19-4-6-26-9-12-10-28-16(23)21-12/h1-3,8,10,19-20H,4-7,9,11H2,(H,21,23)/b15-8+. The molecule has 2 rings (SSSR count). The van der Waals surface area contributed by atoms with Crippen molar-refractivity contribution >= 4 is 46.5 Å². The van der Waals surface area contributed by atoms with Crippen molar-refractivity contribution in [3.05, 3.63) is 71.9 Å². The zero-order chi connectivity index (χ0) is 20.2. The van der Waals surface area contributed by atoms with Crippen molar-refractivity contribution in [3.8, 4) is 0 Å². The van der Waals surface area contributed by atoms with Crippen molar-refractivity contribution in [1.29, 1.82) is 0 Å². The third-order valence-electron chi connectivity index (χ3n) is 3.26. The summed E-state index contributed by atoms with van der Waals surface area (Å²) in [6.07, 6.45) is 2.64. The van der Waals surface area contributed by atoms with E-state index in [-0.39, 0.29) is 4.87 Å². The molecular formula is C16H20ClN5O3S3. The summed E-state index contributed by atoms with van der Waals surface area (Å²) in [4.78, 5) is 28.3. The zero-order valence-corrected chi connectivity index (χ0v) is 18.1. The molecule has 2 aromatic rings. The first-order chi connectivity index (χ1) is 13.5. The maximum atomic E-state index is 11.1. The molecule has 0 atom stereocenters. The molecule has 0 saturated heterocycles. The van der Waals surface area contributed by atoms with Gasteiger partial charge in [-0.1, -0.05) is 22.9 Å². The van der Waals surface area contributed by atoms with E-state index in [0.29, 0.717) is 35.4 Å². The first-order valence-electron chi connectivity index (χ1n) is 8.29. The Kier molecular flexibility index (Phi) is 10.3. The number of H-pyrrole nitrogens is 1. The summed E-state index contributed by atoms with van der Waals surface area (Å²) < 4.78 is 0. The van der Waals surface area contributed by atoms with E-state index < -0.39 is 4.92 Å². The molecule has 12 heteroatoms. The monoisotopic (exact) mass is 461 g/mol. The van der Waals surface area contributed by atoms with Gasteiger partial charge in [-0.15, -0.1) is 0 Å². The Bertz CT molecular complexity index is 843. The van der Waals surface area contributed by atoms with Crippen LogP contribution in [0.1, 0.15) is 11.4 Å². The summed E-state index contributed by atoms with van der Waals surface area (Å²) in [5.74, 6) is 3.27. The van der Waals surface area contributed by atoms with E-state index in [1.54, 1.807) is 47.2 Å². The Hall–Kier alpha value is -1.69.